The standard InChI is InChI=1S/C4H8O2.C4H8O/c5-3-1-2-4-6;1-4(2)3-5/h1-2,5-6H,3-4H2;3-4H,1-2H3/b2-1-;. The lowest BCUT2D eigenvalue weighted by atomic mass is 10.3. The fourth-order valence-electron chi connectivity index (χ4n) is 0.149. The maximum Gasteiger partial charge on any atom is 0.122 e. The van der Waals surface area contributed by atoms with Gasteiger partial charge in [-0.05, 0) is 0 Å². The van der Waals surface area contributed by atoms with Gasteiger partial charge in [-0.3, -0.25) is 0 Å². The van der Waals surface area contributed by atoms with Gasteiger partial charge in [-0.2, -0.15) is 0 Å². The van der Waals surface area contributed by atoms with E-state index in [2.05, 4.69) is 0 Å². The molecule has 3 heteroatoms. The third-order valence-electron chi connectivity index (χ3n) is 0.650. The summed E-state index contributed by atoms with van der Waals surface area (Å²) in [6.07, 6.45) is 3.89. The summed E-state index contributed by atoms with van der Waals surface area (Å²) in [4.78, 5) is 9.50. The smallest absolute Gasteiger partial charge is 0.122 e. The molecule has 0 saturated carbocycles. The summed E-state index contributed by atoms with van der Waals surface area (Å²) in [6.45, 7) is 3.74. The van der Waals surface area contributed by atoms with E-state index in [9.17, 15) is 4.79 Å². The lowest BCUT2D eigenvalue weighted by Crippen LogP contribution is -1.82. The van der Waals surface area contributed by atoms with E-state index in [1.165, 1.54) is 12.2 Å². The molecular formula is C8H16O3. The quantitative estimate of drug-likeness (QED) is 0.463. The van der Waals surface area contributed by atoms with Crippen LogP contribution in [0, 0.1) is 5.92 Å². The van der Waals surface area contributed by atoms with Gasteiger partial charge in [0, 0.05) is 5.92 Å². The van der Waals surface area contributed by atoms with Crippen molar-refractivity contribution >= 4 is 6.29 Å². The highest BCUT2D eigenvalue weighted by atomic mass is 16.3. The first kappa shape index (κ1) is 13.0. The zero-order valence-electron chi connectivity index (χ0n) is 7.03. The van der Waals surface area contributed by atoms with Gasteiger partial charge in [0.2, 0.25) is 0 Å². The Bertz CT molecular complexity index is 91.5. The van der Waals surface area contributed by atoms with Crippen LogP contribution in [-0.4, -0.2) is 29.7 Å². The van der Waals surface area contributed by atoms with Crippen molar-refractivity contribution in [2.45, 2.75) is 13.8 Å². The lowest BCUT2D eigenvalue weighted by Gasteiger charge is -1.78. The summed E-state index contributed by atoms with van der Waals surface area (Å²) in [5.74, 6) is 0.204. The zero-order chi connectivity index (χ0) is 9.11. The molecule has 0 atom stereocenters. The predicted octanol–water partition coefficient (Wildman–Crippen LogP) is 0.369. The van der Waals surface area contributed by atoms with Crippen molar-refractivity contribution in [3.8, 4) is 0 Å². The minimum Gasteiger partial charge on any atom is -0.392 e. The first-order valence-electron chi connectivity index (χ1n) is 3.51. The van der Waals surface area contributed by atoms with Gasteiger partial charge < -0.3 is 15.0 Å². The van der Waals surface area contributed by atoms with Crippen molar-refractivity contribution in [1.82, 2.24) is 0 Å². The number of aliphatic hydroxyl groups excluding tert-OH is 2. The molecule has 11 heavy (non-hydrogen) atoms. The topological polar surface area (TPSA) is 57.5 Å². The molecule has 0 radical (unpaired) electrons. The molecule has 0 amide bonds. The van der Waals surface area contributed by atoms with Crippen LogP contribution in [0.1, 0.15) is 13.8 Å². The van der Waals surface area contributed by atoms with E-state index in [1.807, 2.05) is 13.8 Å². The number of hydrogen-bond donors (Lipinski definition) is 2. The van der Waals surface area contributed by atoms with Crippen LogP contribution in [0.2, 0.25) is 0 Å². The van der Waals surface area contributed by atoms with Crippen LogP contribution in [0.5, 0.6) is 0 Å². The van der Waals surface area contributed by atoms with E-state index >= 15 is 0 Å². The number of rotatable bonds is 3. The van der Waals surface area contributed by atoms with Crippen molar-refractivity contribution in [3.05, 3.63) is 12.2 Å². The van der Waals surface area contributed by atoms with Crippen LogP contribution in [0.25, 0.3) is 0 Å². The third kappa shape index (κ3) is 26.7. The number of hydrogen-bond acceptors (Lipinski definition) is 3. The van der Waals surface area contributed by atoms with Gasteiger partial charge in [0.15, 0.2) is 0 Å². The molecule has 0 rings (SSSR count). The van der Waals surface area contributed by atoms with Crippen molar-refractivity contribution in [3.63, 3.8) is 0 Å². The molecule has 0 aliphatic heterocycles. The maximum absolute atomic E-state index is 9.50. The maximum atomic E-state index is 9.50. The van der Waals surface area contributed by atoms with E-state index in [4.69, 9.17) is 10.2 Å². The highest BCUT2D eigenvalue weighted by Gasteiger charge is 1.79. The SMILES string of the molecule is CC(C)C=O.OC/C=C\CO. The number of carbonyl (C=O) groups is 1. The minimum atomic E-state index is 0.0144. The van der Waals surface area contributed by atoms with E-state index < -0.39 is 0 Å². The molecule has 0 unspecified atom stereocenters. The largest absolute Gasteiger partial charge is 0.392 e. The van der Waals surface area contributed by atoms with Crippen LogP contribution >= 0.6 is 0 Å². The first-order chi connectivity index (χ1) is 5.18. The average Bonchev–Trinajstić information content (AvgIpc) is 2.02. The van der Waals surface area contributed by atoms with Gasteiger partial charge in [-0.1, -0.05) is 26.0 Å². The fraction of sp³-hybridized carbons (Fsp3) is 0.625. The van der Waals surface area contributed by atoms with Crippen LogP contribution in [-0.2, 0) is 4.79 Å². The van der Waals surface area contributed by atoms with Crippen molar-refractivity contribution in [1.29, 1.82) is 0 Å². The van der Waals surface area contributed by atoms with E-state index in [0.29, 0.717) is 0 Å². The fourth-order valence-corrected chi connectivity index (χ4v) is 0.149. The molecule has 0 aliphatic rings. The van der Waals surface area contributed by atoms with Crippen molar-refractivity contribution in [2.75, 3.05) is 13.2 Å². The zero-order valence-corrected chi connectivity index (χ0v) is 7.03. The summed E-state index contributed by atoms with van der Waals surface area (Å²) < 4.78 is 0. The van der Waals surface area contributed by atoms with Crippen LogP contribution in [0.4, 0.5) is 0 Å². The molecule has 0 heterocycles. The molecule has 3 nitrogen and oxygen atoms in total. The molecule has 0 aliphatic carbocycles. The second-order valence-electron chi connectivity index (χ2n) is 2.22. The number of aliphatic hydroxyl groups is 2. The van der Waals surface area contributed by atoms with Crippen molar-refractivity contribution < 1.29 is 15.0 Å². The lowest BCUT2D eigenvalue weighted by molar-refractivity contribution is -0.110. The van der Waals surface area contributed by atoms with E-state index in [0.717, 1.165) is 6.29 Å². The molecule has 0 aromatic heterocycles. The Balaban J connectivity index is 0. The average molecular weight is 160 g/mol. The van der Waals surface area contributed by atoms with Crippen LogP contribution in [0.15, 0.2) is 12.2 Å². The molecule has 66 valence electrons. The summed E-state index contributed by atoms with van der Waals surface area (Å²) in [5.41, 5.74) is 0. The molecule has 0 aromatic carbocycles. The highest BCUT2D eigenvalue weighted by molar-refractivity contribution is 5.51. The Labute approximate surface area is 67.4 Å². The Morgan fingerprint density at radius 3 is 1.55 bits per heavy atom. The Morgan fingerprint density at radius 2 is 1.45 bits per heavy atom. The van der Waals surface area contributed by atoms with Gasteiger partial charge in [0.1, 0.15) is 6.29 Å². The second-order valence-corrected chi connectivity index (χ2v) is 2.22. The normalized spacial score (nSPS) is 9.55. The summed E-state index contributed by atoms with van der Waals surface area (Å²) in [5, 5.41) is 16.0. The molecular weight excluding hydrogens is 144 g/mol. The van der Waals surface area contributed by atoms with Gasteiger partial charge in [-0.15, -0.1) is 0 Å². The molecule has 0 fully saturated rings. The highest BCUT2D eigenvalue weighted by Crippen LogP contribution is 1.78. The van der Waals surface area contributed by atoms with E-state index in [-0.39, 0.29) is 19.1 Å². The molecule has 0 aromatic rings. The summed E-state index contributed by atoms with van der Waals surface area (Å²) >= 11 is 0. The molecule has 2 N–H and O–H groups in total. The van der Waals surface area contributed by atoms with E-state index in [1.54, 1.807) is 0 Å². The van der Waals surface area contributed by atoms with Gasteiger partial charge >= 0.3 is 0 Å². The third-order valence-corrected chi connectivity index (χ3v) is 0.650. The van der Waals surface area contributed by atoms with Crippen LogP contribution < -0.4 is 0 Å². The predicted molar refractivity (Wildman–Crippen MR) is 44.2 cm³/mol. The Kier molecular flexibility index (Phi) is 14.2. The van der Waals surface area contributed by atoms with Crippen molar-refractivity contribution in [2.24, 2.45) is 5.92 Å². The van der Waals surface area contributed by atoms with Gasteiger partial charge in [0.05, 0.1) is 13.2 Å². The summed E-state index contributed by atoms with van der Waals surface area (Å²) in [7, 11) is 0. The minimum absolute atomic E-state index is 0.0144. The van der Waals surface area contributed by atoms with Crippen LogP contribution in [0.3, 0.4) is 0 Å². The second kappa shape index (κ2) is 12.0. The number of aldehydes is 1. The number of carbonyl (C=O) groups excluding carboxylic acids is 1. The van der Waals surface area contributed by atoms with Gasteiger partial charge in [-0.25, -0.2) is 0 Å². The monoisotopic (exact) mass is 160 g/mol. The van der Waals surface area contributed by atoms with Gasteiger partial charge in [0.25, 0.3) is 0 Å². The summed E-state index contributed by atoms with van der Waals surface area (Å²) in [6, 6.07) is 0. The Morgan fingerprint density at radius 1 is 1.18 bits per heavy atom. The first-order valence-corrected chi connectivity index (χ1v) is 3.51. The molecule has 0 saturated heterocycles. The Hall–Kier alpha value is -0.670. The molecule has 0 spiro atoms. The molecule has 0 bridgehead atoms.